The van der Waals surface area contributed by atoms with Crippen molar-refractivity contribution in [2.75, 3.05) is 0 Å². The molecule has 0 spiro atoms. The van der Waals surface area contributed by atoms with E-state index < -0.39 is 5.97 Å². The molecule has 4 aromatic carbocycles. The first-order valence-electron chi connectivity index (χ1n) is 10.9. The van der Waals surface area contributed by atoms with E-state index >= 15 is 0 Å². The molecule has 4 N–H and O–H groups in total. The second-order valence-electron chi connectivity index (χ2n) is 8.23. The number of para-hydroxylation sites is 1. The molecule has 0 atom stereocenters. The second-order valence-corrected chi connectivity index (χ2v) is 8.23. The monoisotopic (exact) mass is 449 g/mol. The average molecular weight is 450 g/mol. The number of hydrogen-bond acceptors (Lipinski definition) is 3. The maximum absolute atomic E-state index is 12.3. The Balaban J connectivity index is 1.70. The van der Waals surface area contributed by atoms with Gasteiger partial charge in [-0.05, 0) is 64.4 Å². The van der Waals surface area contributed by atoms with E-state index in [2.05, 4.69) is 0 Å². The predicted molar refractivity (Wildman–Crippen MR) is 134 cm³/mol. The summed E-state index contributed by atoms with van der Waals surface area (Å²) in [6, 6.07) is 26.9. The van der Waals surface area contributed by atoms with E-state index in [1.807, 2.05) is 72.8 Å². The lowest BCUT2D eigenvalue weighted by Gasteiger charge is -2.12. The summed E-state index contributed by atoms with van der Waals surface area (Å²) in [4.78, 5) is 12.3. The summed E-state index contributed by atoms with van der Waals surface area (Å²) in [7, 11) is 1.75. The Hall–Kier alpha value is -4.58. The summed E-state index contributed by atoms with van der Waals surface area (Å²) < 4.78 is 7.80. The van der Waals surface area contributed by atoms with Gasteiger partial charge in [-0.1, -0.05) is 42.5 Å². The molecule has 0 aliphatic rings. The number of aromatic nitrogens is 1. The van der Waals surface area contributed by atoms with Crippen LogP contribution in [0.15, 0.2) is 84.9 Å². The molecule has 1 heterocycles. The van der Waals surface area contributed by atoms with E-state index in [1.165, 1.54) is 0 Å². The fourth-order valence-corrected chi connectivity index (χ4v) is 4.52. The molecule has 0 amide bonds. The number of carboxylic acid groups (broad SMARTS) is 1. The minimum absolute atomic E-state index is 0.0581. The molecular formula is C28H23N3O3. The van der Waals surface area contributed by atoms with Gasteiger partial charge in [-0.15, -0.1) is 0 Å². The van der Waals surface area contributed by atoms with Crippen LogP contribution in [0.2, 0.25) is 0 Å². The van der Waals surface area contributed by atoms with Gasteiger partial charge in [-0.2, -0.15) is 0 Å². The highest BCUT2D eigenvalue weighted by atomic mass is 16.5. The van der Waals surface area contributed by atoms with Crippen LogP contribution in [0.4, 0.5) is 0 Å². The molecule has 6 heteroatoms. The van der Waals surface area contributed by atoms with Crippen molar-refractivity contribution in [2.45, 2.75) is 6.42 Å². The molecule has 5 rings (SSSR count). The smallest absolute Gasteiger partial charge is 0.352 e. The Kier molecular flexibility index (Phi) is 5.26. The zero-order valence-corrected chi connectivity index (χ0v) is 18.6. The number of rotatable bonds is 6. The predicted octanol–water partition coefficient (Wildman–Crippen LogP) is 5.70. The maximum atomic E-state index is 12.3. The number of nitrogen functional groups attached to an aromatic ring is 1. The number of nitrogens with one attached hydrogen (secondary N) is 1. The molecule has 5 aromatic rings. The van der Waals surface area contributed by atoms with E-state index in [0.29, 0.717) is 23.3 Å². The van der Waals surface area contributed by atoms with Gasteiger partial charge in [-0.25, -0.2) is 4.79 Å². The minimum atomic E-state index is -1.00. The quantitative estimate of drug-likeness (QED) is 0.229. The maximum Gasteiger partial charge on any atom is 0.352 e. The highest BCUT2D eigenvalue weighted by Gasteiger charge is 2.22. The minimum Gasteiger partial charge on any atom is -0.477 e. The van der Waals surface area contributed by atoms with Crippen LogP contribution in [-0.2, 0) is 13.5 Å². The van der Waals surface area contributed by atoms with Gasteiger partial charge in [0.2, 0.25) is 0 Å². The number of nitrogens with zero attached hydrogens (tertiary/aromatic N) is 1. The normalized spacial score (nSPS) is 11.1. The van der Waals surface area contributed by atoms with Crippen LogP contribution in [0.25, 0.3) is 21.7 Å². The third-order valence-electron chi connectivity index (χ3n) is 6.08. The molecule has 0 bridgehead atoms. The summed E-state index contributed by atoms with van der Waals surface area (Å²) >= 11 is 0. The molecule has 168 valence electrons. The number of carbonyl (C=O) groups is 1. The number of nitrogens with two attached hydrogens (primary N) is 1. The van der Waals surface area contributed by atoms with Gasteiger partial charge in [-0.3, -0.25) is 5.41 Å². The average Bonchev–Trinajstić information content (AvgIpc) is 3.10. The van der Waals surface area contributed by atoms with Crippen LogP contribution in [0, 0.1) is 5.41 Å². The van der Waals surface area contributed by atoms with Gasteiger partial charge < -0.3 is 20.1 Å². The fraction of sp³-hybridized carbons (Fsp3) is 0.0714. The Labute approximate surface area is 196 Å². The molecule has 0 aliphatic carbocycles. The van der Waals surface area contributed by atoms with Crippen LogP contribution in [0.3, 0.4) is 0 Å². The zero-order chi connectivity index (χ0) is 23.8. The molecule has 6 nitrogen and oxygen atoms in total. The Morgan fingerprint density at radius 2 is 1.68 bits per heavy atom. The first-order valence-corrected chi connectivity index (χ1v) is 10.9. The molecule has 0 saturated carbocycles. The zero-order valence-electron chi connectivity index (χ0n) is 18.6. The van der Waals surface area contributed by atoms with Crippen LogP contribution < -0.4 is 10.5 Å². The number of benzene rings is 4. The Bertz CT molecular complexity index is 1570. The molecule has 0 unspecified atom stereocenters. The van der Waals surface area contributed by atoms with Gasteiger partial charge in [0.05, 0.1) is 0 Å². The van der Waals surface area contributed by atoms with Crippen LogP contribution in [0.5, 0.6) is 11.5 Å². The highest BCUT2D eigenvalue weighted by molar-refractivity contribution is 6.03. The SMILES string of the molecule is Cn1c(C(=O)O)c(Cc2cc(Oc3ccccc3)cc3ccccc23)c2cc(C(=N)N)ccc21. The number of aromatic carboxylic acids is 1. The lowest BCUT2D eigenvalue weighted by Crippen LogP contribution is -2.10. The van der Waals surface area contributed by atoms with Crippen molar-refractivity contribution in [1.29, 1.82) is 5.41 Å². The molecule has 0 fully saturated rings. The largest absolute Gasteiger partial charge is 0.477 e. The number of fused-ring (bicyclic) bond motifs is 2. The number of carboxylic acids is 1. The molecule has 34 heavy (non-hydrogen) atoms. The van der Waals surface area contributed by atoms with Crippen LogP contribution in [-0.4, -0.2) is 21.5 Å². The van der Waals surface area contributed by atoms with Crippen molar-refractivity contribution >= 4 is 33.5 Å². The summed E-state index contributed by atoms with van der Waals surface area (Å²) in [6.45, 7) is 0. The van der Waals surface area contributed by atoms with E-state index in [4.69, 9.17) is 15.9 Å². The van der Waals surface area contributed by atoms with Crippen molar-refractivity contribution in [3.63, 3.8) is 0 Å². The lowest BCUT2D eigenvalue weighted by atomic mass is 9.95. The summed E-state index contributed by atoms with van der Waals surface area (Å²) in [5.41, 5.74) is 8.90. The third-order valence-corrected chi connectivity index (χ3v) is 6.08. The summed E-state index contributed by atoms with van der Waals surface area (Å²) in [5.74, 6) is 0.351. The number of amidine groups is 1. The van der Waals surface area contributed by atoms with E-state index in [0.717, 1.165) is 33.0 Å². The number of ether oxygens (including phenoxy) is 1. The second kappa shape index (κ2) is 8.41. The van der Waals surface area contributed by atoms with E-state index in [9.17, 15) is 9.90 Å². The standard InChI is InChI=1S/C28H23N3O3/c1-31-25-12-11-18(27(29)30)15-23(25)24(26(31)28(32)33)16-19-14-21(34-20-8-3-2-4-9-20)13-17-7-5-6-10-22(17)19/h2-15H,16H2,1H3,(H3,29,30)(H,32,33). The van der Waals surface area contributed by atoms with Crippen molar-refractivity contribution in [2.24, 2.45) is 12.8 Å². The van der Waals surface area contributed by atoms with Gasteiger partial charge in [0.25, 0.3) is 0 Å². The summed E-state index contributed by atoms with van der Waals surface area (Å²) in [5, 5.41) is 20.7. The topological polar surface area (TPSA) is 101 Å². The molecule has 1 aromatic heterocycles. The Morgan fingerprint density at radius 1 is 0.941 bits per heavy atom. The van der Waals surface area contributed by atoms with Crippen molar-refractivity contribution in [3.8, 4) is 11.5 Å². The third kappa shape index (κ3) is 3.75. The first-order chi connectivity index (χ1) is 16.4. The number of hydrogen-bond donors (Lipinski definition) is 3. The van der Waals surface area contributed by atoms with Gasteiger partial charge in [0.1, 0.15) is 23.0 Å². The summed E-state index contributed by atoms with van der Waals surface area (Å²) in [6.07, 6.45) is 0.382. The molecule has 0 radical (unpaired) electrons. The van der Waals surface area contributed by atoms with Gasteiger partial charge in [0, 0.05) is 29.9 Å². The van der Waals surface area contributed by atoms with Crippen molar-refractivity contribution in [3.05, 3.63) is 107 Å². The fourth-order valence-electron chi connectivity index (χ4n) is 4.52. The van der Waals surface area contributed by atoms with Gasteiger partial charge in [0.15, 0.2) is 0 Å². The number of aryl methyl sites for hydroxylation is 1. The molecule has 0 saturated heterocycles. The van der Waals surface area contributed by atoms with Crippen molar-refractivity contribution < 1.29 is 14.6 Å². The van der Waals surface area contributed by atoms with Gasteiger partial charge >= 0.3 is 5.97 Å². The molecular weight excluding hydrogens is 426 g/mol. The Morgan fingerprint density at radius 3 is 2.41 bits per heavy atom. The first kappa shape index (κ1) is 21.3. The molecule has 0 aliphatic heterocycles. The lowest BCUT2D eigenvalue weighted by molar-refractivity contribution is 0.0686. The van der Waals surface area contributed by atoms with E-state index in [-0.39, 0.29) is 11.5 Å². The van der Waals surface area contributed by atoms with Crippen LogP contribution in [0.1, 0.15) is 27.2 Å². The van der Waals surface area contributed by atoms with Crippen molar-refractivity contribution in [1.82, 2.24) is 4.57 Å². The van der Waals surface area contributed by atoms with Crippen LogP contribution >= 0.6 is 0 Å². The van der Waals surface area contributed by atoms with E-state index in [1.54, 1.807) is 23.7 Å². The highest BCUT2D eigenvalue weighted by Crippen LogP contribution is 2.34.